The third-order valence-corrected chi connectivity index (χ3v) is 9.51. The minimum atomic E-state index is -0.605. The number of benzene rings is 3. The van der Waals surface area contributed by atoms with E-state index in [1.165, 1.54) is 20.3 Å². The summed E-state index contributed by atoms with van der Waals surface area (Å²) in [6.07, 6.45) is 1.82. The van der Waals surface area contributed by atoms with Crippen molar-refractivity contribution in [1.82, 2.24) is 15.0 Å². The molecule has 4 atom stereocenters. The predicted molar refractivity (Wildman–Crippen MR) is 169 cm³/mol. The lowest BCUT2D eigenvalue weighted by Gasteiger charge is -2.39. The summed E-state index contributed by atoms with van der Waals surface area (Å²) < 4.78 is 36.1. The van der Waals surface area contributed by atoms with E-state index in [1.807, 2.05) is 30.5 Å². The van der Waals surface area contributed by atoms with Crippen molar-refractivity contribution in [1.29, 1.82) is 0 Å². The molecule has 47 heavy (non-hydrogen) atoms. The van der Waals surface area contributed by atoms with Crippen LogP contribution in [0, 0.1) is 11.8 Å². The molecule has 1 aliphatic carbocycles. The van der Waals surface area contributed by atoms with Crippen molar-refractivity contribution in [2.24, 2.45) is 11.8 Å². The highest BCUT2D eigenvalue weighted by Gasteiger charge is 2.53. The second-order valence-corrected chi connectivity index (χ2v) is 12.4. The molecule has 4 heterocycles. The van der Waals surface area contributed by atoms with Crippen molar-refractivity contribution < 1.29 is 38.0 Å². The molecule has 3 aromatic carbocycles. The molecule has 2 aromatic heterocycles. The number of esters is 1. The van der Waals surface area contributed by atoms with Gasteiger partial charge in [0.2, 0.25) is 12.5 Å². The van der Waals surface area contributed by atoms with Gasteiger partial charge in [-0.25, -0.2) is 9.48 Å². The first kappa shape index (κ1) is 29.2. The van der Waals surface area contributed by atoms with E-state index in [1.54, 1.807) is 22.9 Å². The zero-order valence-corrected chi connectivity index (χ0v) is 26.6. The Hall–Kier alpha value is -5.24. The maximum absolute atomic E-state index is 13.5. The van der Waals surface area contributed by atoms with Gasteiger partial charge < -0.3 is 38.5 Å². The average molecular weight is 704 g/mol. The average Bonchev–Trinajstić information content (AvgIpc) is 3.82. The Morgan fingerprint density at radius 3 is 2.49 bits per heavy atom. The fourth-order valence-electron chi connectivity index (χ4n) is 6.96. The molecule has 1 fully saturated rings. The van der Waals surface area contributed by atoms with Crippen LogP contribution in [0.1, 0.15) is 34.3 Å². The molecule has 0 amide bonds. The summed E-state index contributed by atoms with van der Waals surface area (Å²) in [7, 11) is 2.92. The topological polar surface area (TPSA) is 156 Å². The number of aromatic nitrogens is 3. The Morgan fingerprint density at radius 2 is 1.74 bits per heavy atom. The lowest BCUT2D eigenvalue weighted by Crippen LogP contribution is -2.37. The third kappa shape index (κ3) is 4.82. The normalized spacial score (nSPS) is 20.9. The summed E-state index contributed by atoms with van der Waals surface area (Å²) in [6.45, 7) is 0.514. The molecule has 1 saturated heterocycles. The van der Waals surface area contributed by atoms with Crippen LogP contribution >= 0.6 is 15.9 Å². The minimum Gasteiger partial charge on any atom is -0.502 e. The van der Waals surface area contributed by atoms with E-state index in [2.05, 4.69) is 31.6 Å². The van der Waals surface area contributed by atoms with E-state index >= 15 is 0 Å². The molecular formula is C33H27BrN4O9. The fraction of sp³-hybridized carbons (Fsp3) is 0.273. The number of hydrogen-bond acceptors (Lipinski definition) is 12. The molecular weight excluding hydrogens is 676 g/mol. The van der Waals surface area contributed by atoms with Gasteiger partial charge in [0.25, 0.3) is 0 Å². The number of rotatable bonds is 7. The van der Waals surface area contributed by atoms with Gasteiger partial charge in [-0.05, 0) is 59.2 Å². The van der Waals surface area contributed by atoms with Crippen molar-refractivity contribution in [2.75, 3.05) is 32.9 Å². The molecule has 0 spiro atoms. The van der Waals surface area contributed by atoms with Gasteiger partial charge in [-0.1, -0.05) is 21.1 Å². The van der Waals surface area contributed by atoms with Gasteiger partial charge in [-0.15, -0.1) is 5.10 Å². The maximum Gasteiger partial charge on any atom is 0.338 e. The number of nitrogens with zero attached hydrogens (tertiary/aromatic N) is 3. The van der Waals surface area contributed by atoms with Crippen LogP contribution in [0.5, 0.6) is 28.7 Å². The van der Waals surface area contributed by atoms with Gasteiger partial charge in [0, 0.05) is 27.8 Å². The van der Waals surface area contributed by atoms with Gasteiger partial charge in [0.05, 0.1) is 51.2 Å². The second-order valence-electron chi connectivity index (χ2n) is 11.5. The molecule has 3 aliphatic rings. The van der Waals surface area contributed by atoms with Gasteiger partial charge >= 0.3 is 11.6 Å². The summed E-state index contributed by atoms with van der Waals surface area (Å²) in [5.41, 5.74) is 3.58. The van der Waals surface area contributed by atoms with E-state index < -0.39 is 23.5 Å². The Balaban J connectivity index is 1.20. The number of methoxy groups -OCH3 is 2. The Morgan fingerprint density at radius 1 is 1.00 bits per heavy atom. The van der Waals surface area contributed by atoms with E-state index in [0.717, 1.165) is 21.0 Å². The molecule has 0 radical (unpaired) electrons. The Bertz CT molecular complexity index is 2100. The SMILES string of the molecule is COc1cc([C@@H]2c3cc4c(cc3[C@@H](n3cc(CNc5cc(=O)oc6cc(Br)ccc56)nn3)[C@H]3COC(=O)[C@H]23)OCO4)cc(OC)c1O. The standard InChI is InChI=1S/C33H27BrN4O9/c1-42-26-5-15(6-27(43-2)32(26)40)29-19-8-24-25(46-14-45-24)9-20(19)31(21-13-44-33(41)30(21)29)38-12-17(36-37-38)11-35-22-10-28(39)47-23-7-16(34)3-4-18(22)23/h3-10,12,21,29-31,35,40H,11,13-14H2,1-2H3/t21-,29+,30-,31+/m0/s1. The van der Waals surface area contributed by atoms with Crippen LogP contribution in [0.3, 0.4) is 0 Å². The molecule has 8 rings (SSSR count). The van der Waals surface area contributed by atoms with E-state index in [4.69, 9.17) is 28.1 Å². The van der Waals surface area contributed by atoms with E-state index in [9.17, 15) is 14.7 Å². The van der Waals surface area contributed by atoms with Crippen molar-refractivity contribution in [3.05, 3.63) is 92.0 Å². The molecule has 14 heteroatoms. The number of phenols is 1. The van der Waals surface area contributed by atoms with E-state index in [-0.39, 0.29) is 49.1 Å². The number of phenolic OH excluding ortho intramolecular Hbond substituents is 1. The van der Waals surface area contributed by atoms with Crippen LogP contribution in [-0.4, -0.2) is 53.7 Å². The number of anilines is 1. The zero-order valence-electron chi connectivity index (χ0n) is 25.1. The number of fused-ring (bicyclic) bond motifs is 4. The molecule has 240 valence electrons. The van der Waals surface area contributed by atoms with Gasteiger partial charge in [0.1, 0.15) is 11.3 Å². The summed E-state index contributed by atoms with van der Waals surface area (Å²) in [6, 6.07) is 13.7. The smallest absolute Gasteiger partial charge is 0.338 e. The summed E-state index contributed by atoms with van der Waals surface area (Å²) in [5, 5.41) is 23.6. The maximum atomic E-state index is 13.5. The quantitative estimate of drug-likeness (QED) is 0.178. The zero-order chi connectivity index (χ0) is 32.4. The van der Waals surface area contributed by atoms with Crippen molar-refractivity contribution >= 4 is 38.6 Å². The third-order valence-electron chi connectivity index (χ3n) is 9.02. The lowest BCUT2D eigenvalue weighted by molar-refractivity contribution is -0.141. The van der Waals surface area contributed by atoms with Crippen LogP contribution < -0.4 is 29.9 Å². The predicted octanol–water partition coefficient (Wildman–Crippen LogP) is 4.73. The number of halogens is 1. The Kier molecular flexibility index (Phi) is 6.97. The number of ether oxygens (including phenoxy) is 5. The second kappa shape index (κ2) is 11.2. The van der Waals surface area contributed by atoms with Crippen molar-refractivity contribution in [3.63, 3.8) is 0 Å². The monoisotopic (exact) mass is 702 g/mol. The van der Waals surface area contributed by atoms with Crippen molar-refractivity contribution in [3.8, 4) is 28.7 Å². The molecule has 0 saturated carbocycles. The number of carbonyl (C=O) groups excluding carboxylic acids is 1. The van der Waals surface area contributed by atoms with Crippen molar-refractivity contribution in [2.45, 2.75) is 18.5 Å². The summed E-state index contributed by atoms with van der Waals surface area (Å²) in [5.74, 6) is -0.310. The molecule has 13 nitrogen and oxygen atoms in total. The molecule has 2 aliphatic heterocycles. The van der Waals surface area contributed by atoms with Gasteiger partial charge in [0.15, 0.2) is 23.0 Å². The largest absolute Gasteiger partial charge is 0.502 e. The Labute approximate surface area is 275 Å². The number of carbonyl (C=O) groups is 1. The van der Waals surface area contributed by atoms with Crippen LogP contribution in [-0.2, 0) is 16.1 Å². The van der Waals surface area contributed by atoms with Gasteiger partial charge in [-0.2, -0.15) is 0 Å². The molecule has 0 bridgehead atoms. The fourth-order valence-corrected chi connectivity index (χ4v) is 7.30. The number of aromatic hydroxyl groups is 1. The van der Waals surface area contributed by atoms with Crippen LogP contribution in [0.2, 0.25) is 0 Å². The number of nitrogens with one attached hydrogen (secondary N) is 1. The summed E-state index contributed by atoms with van der Waals surface area (Å²) in [4.78, 5) is 25.8. The minimum absolute atomic E-state index is 0.0753. The molecule has 2 N–H and O–H groups in total. The number of cyclic esters (lactones) is 1. The highest BCUT2D eigenvalue weighted by atomic mass is 79.9. The summed E-state index contributed by atoms with van der Waals surface area (Å²) >= 11 is 3.41. The van der Waals surface area contributed by atoms with Crippen LogP contribution in [0.15, 0.2) is 68.4 Å². The highest BCUT2D eigenvalue weighted by molar-refractivity contribution is 9.10. The first-order valence-corrected chi connectivity index (χ1v) is 15.5. The van der Waals surface area contributed by atoms with Gasteiger partial charge in [-0.3, -0.25) is 4.79 Å². The highest BCUT2D eigenvalue weighted by Crippen LogP contribution is 2.56. The first-order chi connectivity index (χ1) is 22.8. The van der Waals surface area contributed by atoms with E-state index in [0.29, 0.717) is 34.0 Å². The van der Waals surface area contributed by atoms with Crippen LogP contribution in [0.25, 0.3) is 11.0 Å². The lowest BCUT2D eigenvalue weighted by atomic mass is 9.65. The molecule has 0 unspecified atom stereocenters. The first-order valence-electron chi connectivity index (χ1n) is 14.8. The molecule has 5 aromatic rings. The van der Waals surface area contributed by atoms with Crippen LogP contribution in [0.4, 0.5) is 5.69 Å². The number of hydrogen-bond donors (Lipinski definition) is 2.